The van der Waals surface area contributed by atoms with Crippen molar-refractivity contribution < 1.29 is 27.8 Å². The minimum absolute atomic E-state index is 0.0259. The summed E-state index contributed by atoms with van der Waals surface area (Å²) in [5, 5.41) is 14.1. The lowest BCUT2D eigenvalue weighted by Crippen LogP contribution is -2.37. The van der Waals surface area contributed by atoms with E-state index in [1.165, 1.54) is 31.4 Å². The fourth-order valence-corrected chi connectivity index (χ4v) is 1.63. The maximum atomic E-state index is 12.3. The molecule has 0 radical (unpaired) electrons. The normalized spacial score (nSPS) is 12.8. The second kappa shape index (κ2) is 7.84. The van der Waals surface area contributed by atoms with Crippen molar-refractivity contribution in [1.29, 1.82) is 0 Å². The lowest BCUT2D eigenvalue weighted by Gasteiger charge is -2.12. The van der Waals surface area contributed by atoms with Crippen molar-refractivity contribution >= 4 is 11.7 Å². The zero-order valence-electron chi connectivity index (χ0n) is 11.4. The highest BCUT2D eigenvalue weighted by Gasteiger charge is 2.27. The van der Waals surface area contributed by atoms with Gasteiger partial charge < -0.3 is 20.5 Å². The molecule has 1 atom stereocenters. The van der Waals surface area contributed by atoms with Gasteiger partial charge in [0.15, 0.2) is 0 Å². The third-order valence-corrected chi connectivity index (χ3v) is 2.45. The summed E-state index contributed by atoms with van der Waals surface area (Å²) in [4.78, 5) is 11.5. The smallest absolute Gasteiger partial charge is 0.389 e. The van der Waals surface area contributed by atoms with Crippen LogP contribution >= 0.6 is 0 Å². The molecule has 1 aromatic rings. The average molecular weight is 306 g/mol. The van der Waals surface area contributed by atoms with Crippen molar-refractivity contribution in [2.75, 3.05) is 25.6 Å². The first-order valence-corrected chi connectivity index (χ1v) is 6.17. The molecular formula is C13H17F3N2O3. The largest absolute Gasteiger partial charge is 0.393 e. The van der Waals surface area contributed by atoms with Crippen molar-refractivity contribution in [3.05, 3.63) is 29.8 Å². The number of anilines is 1. The first-order chi connectivity index (χ1) is 9.80. The summed E-state index contributed by atoms with van der Waals surface area (Å²) in [6.45, 7) is 0.0449. The molecule has 21 heavy (non-hydrogen) atoms. The number of carbonyl (C=O) groups is 1. The van der Waals surface area contributed by atoms with Crippen LogP contribution in [0.2, 0.25) is 0 Å². The lowest BCUT2D eigenvalue weighted by atomic mass is 10.1. The van der Waals surface area contributed by atoms with Crippen LogP contribution in [0.1, 0.15) is 5.56 Å². The van der Waals surface area contributed by atoms with Gasteiger partial charge in [0, 0.05) is 19.3 Å². The van der Waals surface area contributed by atoms with Gasteiger partial charge in [-0.05, 0) is 17.7 Å². The Morgan fingerprint density at radius 3 is 2.76 bits per heavy atom. The van der Waals surface area contributed by atoms with E-state index in [4.69, 9.17) is 0 Å². The predicted octanol–water partition coefficient (Wildman–Crippen LogP) is 1.92. The zero-order chi connectivity index (χ0) is 15.9. The summed E-state index contributed by atoms with van der Waals surface area (Å²) >= 11 is 0. The Labute approximate surface area is 120 Å². The minimum Gasteiger partial charge on any atom is -0.389 e. The molecule has 1 unspecified atom stereocenters. The van der Waals surface area contributed by atoms with Crippen LogP contribution in [0.25, 0.3) is 0 Å². The summed E-state index contributed by atoms with van der Waals surface area (Å²) in [6.07, 6.45) is -6.21. The highest BCUT2D eigenvalue weighted by atomic mass is 19.4. The van der Waals surface area contributed by atoms with Crippen LogP contribution in [0.4, 0.5) is 23.7 Å². The fraction of sp³-hybridized carbons (Fsp3) is 0.462. The van der Waals surface area contributed by atoms with E-state index in [9.17, 15) is 23.1 Å². The van der Waals surface area contributed by atoms with E-state index in [0.717, 1.165) is 0 Å². The van der Waals surface area contributed by atoms with Gasteiger partial charge in [-0.15, -0.1) is 0 Å². The first kappa shape index (κ1) is 17.3. The van der Waals surface area contributed by atoms with Gasteiger partial charge in [0.2, 0.25) is 0 Å². The molecule has 0 aliphatic carbocycles. The maximum Gasteiger partial charge on any atom is 0.393 e. The molecule has 0 saturated carbocycles. The van der Waals surface area contributed by atoms with Crippen LogP contribution in [0, 0.1) is 0 Å². The molecule has 3 N–H and O–H groups in total. The number of aliphatic hydroxyl groups excluding tert-OH is 1. The number of benzene rings is 1. The van der Waals surface area contributed by atoms with Crippen LogP contribution < -0.4 is 10.6 Å². The Kier molecular flexibility index (Phi) is 6.44. The van der Waals surface area contributed by atoms with Crippen LogP contribution in [0.15, 0.2) is 24.3 Å². The third kappa shape index (κ3) is 7.52. The number of halogens is 3. The molecule has 0 heterocycles. The zero-order valence-corrected chi connectivity index (χ0v) is 11.4. The summed E-state index contributed by atoms with van der Waals surface area (Å²) < 4.78 is 41.5. The number of hydrogen-bond acceptors (Lipinski definition) is 3. The molecule has 0 aliphatic rings. The number of methoxy groups -OCH3 is 1. The Hall–Kier alpha value is -1.80. The Morgan fingerprint density at radius 2 is 2.14 bits per heavy atom. The average Bonchev–Trinajstić information content (AvgIpc) is 2.35. The quantitative estimate of drug-likeness (QED) is 0.752. The van der Waals surface area contributed by atoms with Gasteiger partial charge in [-0.25, -0.2) is 4.79 Å². The summed E-state index contributed by atoms with van der Waals surface area (Å²) in [6, 6.07) is 4.87. The Bertz CT molecular complexity index is 466. The molecule has 0 spiro atoms. The number of ether oxygens (including phenoxy) is 1. The Morgan fingerprint density at radius 1 is 1.43 bits per heavy atom. The summed E-state index contributed by atoms with van der Waals surface area (Å²) in [7, 11) is 1.41. The van der Waals surface area contributed by atoms with Crippen LogP contribution in [-0.2, 0) is 11.2 Å². The topological polar surface area (TPSA) is 70.6 Å². The monoisotopic (exact) mass is 306 g/mol. The maximum absolute atomic E-state index is 12.3. The van der Waals surface area contributed by atoms with Crippen LogP contribution in [0.3, 0.4) is 0 Å². The number of carbonyl (C=O) groups excluding carboxylic acids is 1. The molecule has 1 rings (SSSR count). The van der Waals surface area contributed by atoms with E-state index in [0.29, 0.717) is 0 Å². The molecule has 1 aromatic carbocycles. The SMILES string of the molecule is COCC(O)CNC(=O)Nc1cccc(CC(F)(F)F)c1. The second-order valence-electron chi connectivity index (χ2n) is 4.44. The van der Waals surface area contributed by atoms with Gasteiger partial charge in [0.1, 0.15) is 0 Å². The molecule has 0 fully saturated rings. The number of rotatable bonds is 6. The standard InChI is InChI=1S/C13H17F3N2O3/c1-21-8-11(19)7-17-12(20)18-10-4-2-3-9(5-10)6-13(14,15)16/h2-5,11,19H,6-8H2,1H3,(H2,17,18,20). The van der Waals surface area contributed by atoms with E-state index < -0.39 is 24.7 Å². The number of hydrogen-bond donors (Lipinski definition) is 3. The van der Waals surface area contributed by atoms with Crippen LogP contribution in [-0.4, -0.2) is 43.7 Å². The third-order valence-electron chi connectivity index (χ3n) is 2.45. The number of amides is 2. The number of urea groups is 1. The van der Waals surface area contributed by atoms with Gasteiger partial charge in [-0.1, -0.05) is 12.1 Å². The molecule has 2 amide bonds. The molecule has 0 bridgehead atoms. The molecule has 8 heteroatoms. The highest BCUT2D eigenvalue weighted by molar-refractivity contribution is 5.89. The molecular weight excluding hydrogens is 289 g/mol. The van der Waals surface area contributed by atoms with Gasteiger partial charge in [-0.3, -0.25) is 0 Å². The Balaban J connectivity index is 2.51. The summed E-state index contributed by atoms with van der Waals surface area (Å²) in [5.74, 6) is 0. The van der Waals surface area contributed by atoms with Gasteiger partial charge in [-0.2, -0.15) is 13.2 Å². The van der Waals surface area contributed by atoms with Gasteiger partial charge >= 0.3 is 12.2 Å². The second-order valence-corrected chi connectivity index (χ2v) is 4.44. The predicted molar refractivity (Wildman–Crippen MR) is 71.1 cm³/mol. The van der Waals surface area contributed by atoms with E-state index >= 15 is 0 Å². The fourth-order valence-electron chi connectivity index (χ4n) is 1.63. The first-order valence-electron chi connectivity index (χ1n) is 6.17. The molecule has 0 saturated heterocycles. The molecule has 118 valence electrons. The van der Waals surface area contributed by atoms with Crippen molar-refractivity contribution in [2.24, 2.45) is 0 Å². The number of alkyl halides is 3. The van der Waals surface area contributed by atoms with Gasteiger partial charge in [0.05, 0.1) is 19.1 Å². The molecule has 0 aromatic heterocycles. The minimum atomic E-state index is -4.30. The van der Waals surface area contributed by atoms with E-state index in [1.807, 2.05) is 0 Å². The van der Waals surface area contributed by atoms with Crippen molar-refractivity contribution in [3.63, 3.8) is 0 Å². The van der Waals surface area contributed by atoms with E-state index in [-0.39, 0.29) is 24.4 Å². The molecule has 0 aliphatic heterocycles. The number of nitrogens with one attached hydrogen (secondary N) is 2. The molecule has 5 nitrogen and oxygen atoms in total. The number of aliphatic hydroxyl groups is 1. The van der Waals surface area contributed by atoms with Gasteiger partial charge in [0.25, 0.3) is 0 Å². The van der Waals surface area contributed by atoms with Crippen molar-refractivity contribution in [1.82, 2.24) is 5.32 Å². The highest BCUT2D eigenvalue weighted by Crippen LogP contribution is 2.22. The van der Waals surface area contributed by atoms with E-state index in [1.54, 1.807) is 0 Å². The van der Waals surface area contributed by atoms with Crippen molar-refractivity contribution in [3.8, 4) is 0 Å². The van der Waals surface area contributed by atoms with E-state index in [2.05, 4.69) is 15.4 Å². The van der Waals surface area contributed by atoms with Crippen LogP contribution in [0.5, 0.6) is 0 Å². The van der Waals surface area contributed by atoms with Crippen molar-refractivity contribution in [2.45, 2.75) is 18.7 Å². The lowest BCUT2D eigenvalue weighted by molar-refractivity contribution is -0.127. The summed E-state index contributed by atoms with van der Waals surface area (Å²) in [5.41, 5.74) is 0.301.